The first-order chi connectivity index (χ1) is 14.5. The predicted molar refractivity (Wildman–Crippen MR) is 108 cm³/mol. The van der Waals surface area contributed by atoms with Gasteiger partial charge in [0.05, 0.1) is 18.2 Å². The Bertz CT molecular complexity index is 1260. The zero-order chi connectivity index (χ0) is 21.3. The van der Waals surface area contributed by atoms with Gasteiger partial charge >= 0.3 is 6.01 Å². The first kappa shape index (κ1) is 19.2. The van der Waals surface area contributed by atoms with E-state index in [0.29, 0.717) is 29.4 Å². The minimum Gasteiger partial charge on any atom is -0.468 e. The highest BCUT2D eigenvalue weighted by Gasteiger charge is 2.20. The van der Waals surface area contributed by atoms with Gasteiger partial charge in [0.15, 0.2) is 0 Å². The van der Waals surface area contributed by atoms with E-state index in [1.54, 1.807) is 41.8 Å². The third-order valence-electron chi connectivity index (χ3n) is 4.38. The number of methoxy groups -OCH3 is 1. The molecule has 4 aromatic rings. The number of aromatic nitrogens is 5. The van der Waals surface area contributed by atoms with Crippen LogP contribution in [-0.2, 0) is 6.54 Å². The molecule has 152 valence electrons. The van der Waals surface area contributed by atoms with Gasteiger partial charge in [0.2, 0.25) is 11.9 Å². The Kier molecular flexibility index (Phi) is 4.97. The SMILES string of the molecule is COc1nc2c(C(N)=O)cccc2n1-c1nc(C)nc(NCc2cccc(F)c2)n1. The fourth-order valence-corrected chi connectivity index (χ4v) is 3.08. The molecule has 10 heteroatoms. The molecule has 0 spiro atoms. The van der Waals surface area contributed by atoms with Crippen molar-refractivity contribution in [2.75, 3.05) is 12.4 Å². The second-order valence-corrected chi connectivity index (χ2v) is 6.46. The lowest BCUT2D eigenvalue weighted by atomic mass is 10.2. The Morgan fingerprint density at radius 1 is 1.17 bits per heavy atom. The van der Waals surface area contributed by atoms with Crippen molar-refractivity contribution in [2.24, 2.45) is 5.73 Å². The zero-order valence-electron chi connectivity index (χ0n) is 16.3. The van der Waals surface area contributed by atoms with E-state index in [-0.39, 0.29) is 23.3 Å². The standard InChI is InChI=1S/C20H18FN7O2/c1-11-24-18(23-10-12-5-3-6-13(21)9-12)27-19(25-11)28-15-8-4-7-14(17(22)29)16(15)26-20(28)30-2/h3-9H,10H2,1-2H3,(H2,22,29)(H,23,24,25,27). The van der Waals surface area contributed by atoms with Crippen molar-refractivity contribution in [3.05, 3.63) is 65.2 Å². The van der Waals surface area contributed by atoms with Gasteiger partial charge in [-0.2, -0.15) is 19.9 Å². The number of halogens is 1. The van der Waals surface area contributed by atoms with Gasteiger partial charge in [-0.25, -0.2) is 8.96 Å². The fourth-order valence-electron chi connectivity index (χ4n) is 3.08. The van der Waals surface area contributed by atoms with Crippen molar-refractivity contribution in [3.63, 3.8) is 0 Å². The molecule has 1 amide bonds. The predicted octanol–water partition coefficient (Wildman–Crippen LogP) is 2.38. The molecule has 0 unspecified atom stereocenters. The van der Waals surface area contributed by atoms with E-state index in [1.165, 1.54) is 19.2 Å². The van der Waals surface area contributed by atoms with Crippen LogP contribution in [0.2, 0.25) is 0 Å². The molecule has 0 atom stereocenters. The number of nitrogens with one attached hydrogen (secondary N) is 1. The maximum absolute atomic E-state index is 13.4. The van der Waals surface area contributed by atoms with Crippen molar-refractivity contribution in [3.8, 4) is 12.0 Å². The third kappa shape index (κ3) is 3.62. The monoisotopic (exact) mass is 407 g/mol. The van der Waals surface area contributed by atoms with E-state index >= 15 is 0 Å². The minimum atomic E-state index is -0.600. The fraction of sp³-hybridized carbons (Fsp3) is 0.150. The Morgan fingerprint density at radius 2 is 1.97 bits per heavy atom. The van der Waals surface area contributed by atoms with E-state index in [2.05, 4.69) is 25.3 Å². The van der Waals surface area contributed by atoms with Crippen LogP contribution >= 0.6 is 0 Å². The van der Waals surface area contributed by atoms with Crippen LogP contribution in [0.3, 0.4) is 0 Å². The van der Waals surface area contributed by atoms with Crippen LogP contribution in [0.15, 0.2) is 42.5 Å². The molecule has 0 aliphatic rings. The van der Waals surface area contributed by atoms with Gasteiger partial charge in [-0.05, 0) is 36.8 Å². The molecule has 3 N–H and O–H groups in total. The Morgan fingerprint density at radius 3 is 2.70 bits per heavy atom. The van der Waals surface area contributed by atoms with E-state index in [0.717, 1.165) is 5.56 Å². The lowest BCUT2D eigenvalue weighted by Gasteiger charge is -2.10. The molecular formula is C20H18FN7O2. The normalized spacial score (nSPS) is 10.9. The summed E-state index contributed by atoms with van der Waals surface area (Å²) in [4.78, 5) is 29.3. The first-order valence-corrected chi connectivity index (χ1v) is 9.03. The number of hydrogen-bond acceptors (Lipinski definition) is 7. The van der Waals surface area contributed by atoms with Crippen LogP contribution in [0.5, 0.6) is 6.01 Å². The van der Waals surface area contributed by atoms with Gasteiger partial charge in [-0.15, -0.1) is 0 Å². The summed E-state index contributed by atoms with van der Waals surface area (Å²) in [7, 11) is 1.46. The van der Waals surface area contributed by atoms with Gasteiger partial charge in [-0.1, -0.05) is 18.2 Å². The number of carbonyl (C=O) groups excluding carboxylic acids is 1. The number of hydrogen-bond donors (Lipinski definition) is 2. The molecule has 0 saturated carbocycles. The number of primary amides is 1. The van der Waals surface area contributed by atoms with Crippen LogP contribution in [0.25, 0.3) is 17.0 Å². The van der Waals surface area contributed by atoms with Crippen LogP contribution in [0, 0.1) is 12.7 Å². The van der Waals surface area contributed by atoms with Crippen molar-refractivity contribution in [1.82, 2.24) is 24.5 Å². The summed E-state index contributed by atoms with van der Waals surface area (Å²) in [5.74, 6) is 0.0949. The molecule has 9 nitrogen and oxygen atoms in total. The number of anilines is 1. The summed E-state index contributed by atoms with van der Waals surface area (Å²) in [6.45, 7) is 2.05. The number of rotatable bonds is 6. The highest BCUT2D eigenvalue weighted by atomic mass is 19.1. The van der Waals surface area contributed by atoms with Gasteiger partial charge < -0.3 is 15.8 Å². The maximum Gasteiger partial charge on any atom is 0.304 e. The number of nitrogens with two attached hydrogens (primary N) is 1. The lowest BCUT2D eigenvalue weighted by molar-refractivity contribution is 0.100. The second kappa shape index (κ2) is 7.74. The molecule has 2 aromatic carbocycles. The molecule has 0 fully saturated rings. The number of fused-ring (bicyclic) bond motifs is 1. The average molecular weight is 407 g/mol. The number of benzene rings is 2. The molecule has 0 bridgehead atoms. The lowest BCUT2D eigenvalue weighted by Crippen LogP contribution is -2.12. The van der Waals surface area contributed by atoms with Crippen molar-refractivity contribution in [1.29, 1.82) is 0 Å². The maximum atomic E-state index is 13.4. The van der Waals surface area contributed by atoms with Crippen molar-refractivity contribution < 1.29 is 13.9 Å². The van der Waals surface area contributed by atoms with Crippen molar-refractivity contribution in [2.45, 2.75) is 13.5 Å². The topological polar surface area (TPSA) is 121 Å². The zero-order valence-corrected chi connectivity index (χ0v) is 16.3. The van der Waals surface area contributed by atoms with E-state index in [1.807, 2.05) is 0 Å². The third-order valence-corrected chi connectivity index (χ3v) is 4.38. The van der Waals surface area contributed by atoms with Crippen LogP contribution in [-0.4, -0.2) is 37.5 Å². The molecular weight excluding hydrogens is 389 g/mol. The molecule has 2 heterocycles. The van der Waals surface area contributed by atoms with Crippen LogP contribution < -0.4 is 15.8 Å². The molecule has 0 aliphatic heterocycles. The van der Waals surface area contributed by atoms with Crippen molar-refractivity contribution >= 4 is 22.9 Å². The van der Waals surface area contributed by atoms with Gasteiger partial charge in [-0.3, -0.25) is 4.79 Å². The summed E-state index contributed by atoms with van der Waals surface area (Å²) < 4.78 is 20.4. The summed E-state index contributed by atoms with van der Waals surface area (Å²) in [6.07, 6.45) is 0. The van der Waals surface area contributed by atoms with Gasteiger partial charge in [0.1, 0.15) is 17.2 Å². The van der Waals surface area contributed by atoms with Crippen LogP contribution in [0.4, 0.5) is 10.3 Å². The number of para-hydroxylation sites is 1. The van der Waals surface area contributed by atoms with Gasteiger partial charge in [0.25, 0.3) is 5.91 Å². The summed E-state index contributed by atoms with van der Waals surface area (Å²) in [5.41, 5.74) is 7.42. The first-order valence-electron chi connectivity index (χ1n) is 9.03. The smallest absolute Gasteiger partial charge is 0.304 e. The Hall–Kier alpha value is -4.08. The molecule has 0 saturated heterocycles. The highest BCUT2D eigenvalue weighted by Crippen LogP contribution is 2.27. The van der Waals surface area contributed by atoms with E-state index in [4.69, 9.17) is 10.5 Å². The van der Waals surface area contributed by atoms with E-state index < -0.39 is 5.91 Å². The summed E-state index contributed by atoms with van der Waals surface area (Å²) in [6, 6.07) is 11.5. The number of amides is 1. The number of aryl methyl sites for hydroxylation is 1. The summed E-state index contributed by atoms with van der Waals surface area (Å²) >= 11 is 0. The number of ether oxygens (including phenoxy) is 1. The minimum absolute atomic E-state index is 0.195. The van der Waals surface area contributed by atoms with Gasteiger partial charge in [0, 0.05) is 6.54 Å². The second-order valence-electron chi connectivity index (χ2n) is 6.46. The molecule has 2 aromatic heterocycles. The number of imidazole rings is 1. The molecule has 30 heavy (non-hydrogen) atoms. The van der Waals surface area contributed by atoms with E-state index in [9.17, 15) is 9.18 Å². The summed E-state index contributed by atoms with van der Waals surface area (Å²) in [5, 5.41) is 3.07. The largest absolute Gasteiger partial charge is 0.468 e. The number of carbonyl (C=O) groups is 1. The quantitative estimate of drug-likeness (QED) is 0.503. The Labute approximate surface area is 170 Å². The molecule has 0 radical (unpaired) electrons. The molecule has 0 aliphatic carbocycles. The Balaban J connectivity index is 1.76. The molecule has 4 rings (SSSR count). The van der Waals surface area contributed by atoms with Crippen LogP contribution in [0.1, 0.15) is 21.7 Å². The highest BCUT2D eigenvalue weighted by molar-refractivity contribution is 6.04. The average Bonchev–Trinajstić information content (AvgIpc) is 3.10. The number of nitrogens with zero attached hydrogens (tertiary/aromatic N) is 5.